The average Bonchev–Trinajstić information content (AvgIpc) is 3.10. The molecule has 11 heteroatoms. The molecule has 2 aliphatic heterocycles. The van der Waals surface area contributed by atoms with Crippen LogP contribution in [0.4, 0.5) is 0 Å². The van der Waals surface area contributed by atoms with Crippen molar-refractivity contribution in [3.8, 4) is 5.75 Å². The standard InChI is InChI=1S/C22H31Cl3N2O5S/c1-21(2,33(26)30)10-13(17-15(28)9-14(23)18(24)19(17)25)12-5-7-27(8-6-12)20(29)16-11-31-22(3,4)32-16/h9,12-13,16,28H,5-8,10-11,26H2,1-4H3/t13-,16-,33?/m1/s1. The third-order valence-corrected chi connectivity index (χ3v) is 9.04. The summed E-state index contributed by atoms with van der Waals surface area (Å²) in [7, 11) is -1.60. The van der Waals surface area contributed by atoms with Gasteiger partial charge in [-0.3, -0.25) is 9.93 Å². The first-order chi connectivity index (χ1) is 15.2. The first-order valence-electron chi connectivity index (χ1n) is 10.9. The number of nitrogens with two attached hydrogens (primary N) is 1. The van der Waals surface area contributed by atoms with E-state index in [4.69, 9.17) is 49.4 Å². The second-order valence-corrected chi connectivity index (χ2v) is 12.6. The molecule has 0 saturated carbocycles. The fraction of sp³-hybridized carbons (Fsp3) is 0.682. The highest BCUT2D eigenvalue weighted by atomic mass is 35.5. The first-order valence-corrected chi connectivity index (χ1v) is 13.2. The van der Waals surface area contributed by atoms with E-state index in [0.717, 1.165) is 0 Å². The number of likely N-dealkylation sites (tertiary alicyclic amines) is 1. The zero-order valence-electron chi connectivity index (χ0n) is 19.2. The molecule has 0 radical (unpaired) electrons. The number of phenolic OH excluding ortho intramolecular Hbond substituents is 1. The lowest BCUT2D eigenvalue weighted by Crippen LogP contribution is -2.46. The molecule has 1 amide bonds. The van der Waals surface area contributed by atoms with E-state index < -0.39 is 27.6 Å². The summed E-state index contributed by atoms with van der Waals surface area (Å²) in [5, 5.41) is 17.0. The molecule has 0 aromatic heterocycles. The maximum Gasteiger partial charge on any atom is 0.254 e. The van der Waals surface area contributed by atoms with Crippen molar-refractivity contribution >= 4 is 51.7 Å². The van der Waals surface area contributed by atoms with E-state index >= 15 is 0 Å². The monoisotopic (exact) mass is 540 g/mol. The van der Waals surface area contributed by atoms with Gasteiger partial charge in [0.05, 0.1) is 37.4 Å². The lowest BCUT2D eigenvalue weighted by molar-refractivity contribution is -0.161. The minimum absolute atomic E-state index is 0.0507. The van der Waals surface area contributed by atoms with Crippen LogP contribution in [0.5, 0.6) is 5.75 Å². The molecule has 0 aliphatic carbocycles. The SMILES string of the molecule is CC1(C)OC[C@H](C(=O)N2CCC([C@@H](CC(C)(C)S(N)=O)c3c(O)cc(Cl)c(Cl)c3Cl)CC2)O1. The van der Waals surface area contributed by atoms with Crippen LogP contribution < -0.4 is 5.14 Å². The molecule has 2 saturated heterocycles. The predicted molar refractivity (Wildman–Crippen MR) is 131 cm³/mol. The highest BCUT2D eigenvalue weighted by Crippen LogP contribution is 2.49. The van der Waals surface area contributed by atoms with Gasteiger partial charge in [0.2, 0.25) is 0 Å². The highest BCUT2D eigenvalue weighted by molar-refractivity contribution is 7.84. The van der Waals surface area contributed by atoms with Crippen molar-refractivity contribution in [3.05, 3.63) is 26.7 Å². The van der Waals surface area contributed by atoms with Gasteiger partial charge in [-0.15, -0.1) is 0 Å². The molecule has 7 nitrogen and oxygen atoms in total. The first kappa shape index (κ1) is 27.0. The number of phenols is 1. The second kappa shape index (κ2) is 10.2. The molecule has 0 spiro atoms. The van der Waals surface area contributed by atoms with E-state index in [-0.39, 0.29) is 45.2 Å². The minimum atomic E-state index is -1.60. The third-order valence-electron chi connectivity index (χ3n) is 6.51. The van der Waals surface area contributed by atoms with Crippen LogP contribution >= 0.6 is 34.8 Å². The van der Waals surface area contributed by atoms with Crippen LogP contribution in [0.2, 0.25) is 15.1 Å². The number of benzene rings is 1. The number of aromatic hydroxyl groups is 1. The van der Waals surface area contributed by atoms with Gasteiger partial charge in [-0.1, -0.05) is 34.8 Å². The summed E-state index contributed by atoms with van der Waals surface area (Å²) in [5.74, 6) is -1.15. The quantitative estimate of drug-likeness (QED) is 0.512. The largest absolute Gasteiger partial charge is 0.508 e. The van der Waals surface area contributed by atoms with Crippen molar-refractivity contribution in [2.75, 3.05) is 19.7 Å². The number of ether oxygens (including phenoxy) is 2. The Morgan fingerprint density at radius 3 is 2.42 bits per heavy atom. The molecule has 3 N–H and O–H groups in total. The molecular weight excluding hydrogens is 511 g/mol. The molecule has 3 rings (SSSR count). The van der Waals surface area contributed by atoms with Crippen molar-refractivity contribution < 1.29 is 23.6 Å². The predicted octanol–water partition coefficient (Wildman–Crippen LogP) is 4.62. The van der Waals surface area contributed by atoms with Gasteiger partial charge < -0.3 is 19.5 Å². The fourth-order valence-electron chi connectivity index (χ4n) is 4.60. The topological polar surface area (TPSA) is 102 Å². The van der Waals surface area contributed by atoms with Crippen LogP contribution in [-0.2, 0) is 25.3 Å². The van der Waals surface area contributed by atoms with Gasteiger partial charge in [0.25, 0.3) is 5.91 Å². The number of hydrogen-bond donors (Lipinski definition) is 2. The van der Waals surface area contributed by atoms with E-state index in [1.807, 2.05) is 13.8 Å². The molecule has 3 atom stereocenters. The smallest absolute Gasteiger partial charge is 0.254 e. The minimum Gasteiger partial charge on any atom is -0.508 e. The maximum atomic E-state index is 12.9. The number of amides is 1. The van der Waals surface area contributed by atoms with E-state index in [9.17, 15) is 14.1 Å². The Morgan fingerprint density at radius 2 is 1.91 bits per heavy atom. The summed E-state index contributed by atoms with van der Waals surface area (Å²) in [6.45, 7) is 8.48. The van der Waals surface area contributed by atoms with Crippen LogP contribution in [0.1, 0.15) is 58.4 Å². The molecule has 0 bridgehead atoms. The van der Waals surface area contributed by atoms with Crippen LogP contribution in [0.25, 0.3) is 0 Å². The molecule has 1 aromatic rings. The highest BCUT2D eigenvalue weighted by Gasteiger charge is 2.42. The molecular formula is C22H31Cl3N2O5S. The number of carbonyl (C=O) groups excluding carboxylic acids is 1. The fourth-order valence-corrected chi connectivity index (χ4v) is 5.69. The molecule has 33 heavy (non-hydrogen) atoms. The normalized spacial score (nSPS) is 23.5. The lowest BCUT2D eigenvalue weighted by atomic mass is 9.75. The van der Waals surface area contributed by atoms with Gasteiger partial charge in [-0.2, -0.15) is 0 Å². The van der Waals surface area contributed by atoms with Gasteiger partial charge >= 0.3 is 0 Å². The van der Waals surface area contributed by atoms with Gasteiger partial charge in [0.15, 0.2) is 11.9 Å². The van der Waals surface area contributed by atoms with E-state index in [2.05, 4.69) is 0 Å². The van der Waals surface area contributed by atoms with Crippen LogP contribution in [-0.4, -0.2) is 56.5 Å². The number of halogens is 3. The third kappa shape index (κ3) is 5.97. The summed E-state index contributed by atoms with van der Waals surface area (Å²) in [6, 6.07) is 1.38. The molecule has 1 unspecified atom stereocenters. The number of nitrogens with zero attached hydrogens (tertiary/aromatic N) is 1. The summed E-state index contributed by atoms with van der Waals surface area (Å²) in [5.41, 5.74) is 0.476. The Balaban J connectivity index is 1.83. The number of hydrogen-bond acceptors (Lipinski definition) is 5. The van der Waals surface area contributed by atoms with Gasteiger partial charge in [0, 0.05) is 24.7 Å². The molecule has 186 valence electrons. The summed E-state index contributed by atoms with van der Waals surface area (Å²) in [6.07, 6.45) is 1.13. The summed E-state index contributed by atoms with van der Waals surface area (Å²) in [4.78, 5) is 14.7. The van der Waals surface area contributed by atoms with Gasteiger partial charge in [-0.25, -0.2) is 4.21 Å². The van der Waals surface area contributed by atoms with Gasteiger partial charge in [0.1, 0.15) is 5.75 Å². The average molecular weight is 542 g/mol. The molecule has 2 heterocycles. The van der Waals surface area contributed by atoms with Crippen molar-refractivity contribution in [1.29, 1.82) is 0 Å². The van der Waals surface area contributed by atoms with Crippen LogP contribution in [0, 0.1) is 5.92 Å². The lowest BCUT2D eigenvalue weighted by Gasteiger charge is -2.39. The van der Waals surface area contributed by atoms with Crippen molar-refractivity contribution in [3.63, 3.8) is 0 Å². The summed E-state index contributed by atoms with van der Waals surface area (Å²) < 4.78 is 22.7. The van der Waals surface area contributed by atoms with E-state index in [1.54, 1.807) is 18.7 Å². The van der Waals surface area contributed by atoms with Crippen molar-refractivity contribution in [2.24, 2.45) is 11.1 Å². The zero-order chi connectivity index (χ0) is 24.7. The maximum absolute atomic E-state index is 12.9. The zero-order valence-corrected chi connectivity index (χ0v) is 22.3. The number of rotatable bonds is 6. The molecule has 2 aliphatic rings. The Bertz CT molecular complexity index is 935. The Kier molecular flexibility index (Phi) is 8.32. The van der Waals surface area contributed by atoms with Crippen molar-refractivity contribution in [1.82, 2.24) is 4.90 Å². The van der Waals surface area contributed by atoms with Crippen molar-refractivity contribution in [2.45, 2.75) is 69.5 Å². The second-order valence-electron chi connectivity index (χ2n) is 9.77. The number of carbonyl (C=O) groups is 1. The van der Waals surface area contributed by atoms with E-state index in [1.165, 1.54) is 6.07 Å². The van der Waals surface area contributed by atoms with E-state index in [0.29, 0.717) is 37.9 Å². The number of piperidine rings is 1. The van der Waals surface area contributed by atoms with Crippen LogP contribution in [0.15, 0.2) is 6.07 Å². The van der Waals surface area contributed by atoms with Crippen LogP contribution in [0.3, 0.4) is 0 Å². The molecule has 2 fully saturated rings. The Morgan fingerprint density at radius 1 is 1.30 bits per heavy atom. The Labute approximate surface area is 212 Å². The Hall–Kier alpha value is -0.610. The summed E-state index contributed by atoms with van der Waals surface area (Å²) >= 11 is 18.9. The molecule has 1 aromatic carbocycles. The van der Waals surface area contributed by atoms with Gasteiger partial charge in [-0.05, 0) is 58.8 Å².